The molecule has 0 spiro atoms. The average molecular weight is 350 g/mol. The molecule has 2 rings (SSSR count). The molecule has 2 N–H and O–H groups in total. The third kappa shape index (κ3) is 6.54. The Morgan fingerprint density at radius 3 is 2.71 bits per heavy atom. The smallest absolute Gasteiger partial charge is 0.343 e. The normalized spacial score (nSPS) is 22.2. The van der Waals surface area contributed by atoms with E-state index >= 15 is 0 Å². The molecular formula is C15H25F3N4O2. The molecule has 3 amide bonds. The number of amides is 3. The maximum absolute atomic E-state index is 12.3. The number of alkyl halides is 3. The highest BCUT2D eigenvalue weighted by molar-refractivity contribution is 5.78. The molecule has 0 saturated carbocycles. The summed E-state index contributed by atoms with van der Waals surface area (Å²) in [6, 6.07) is -0.308. The fourth-order valence-corrected chi connectivity index (χ4v) is 3.19. The zero-order chi connectivity index (χ0) is 17.6. The van der Waals surface area contributed by atoms with Crippen LogP contribution < -0.4 is 10.6 Å². The first kappa shape index (κ1) is 18.8. The van der Waals surface area contributed by atoms with E-state index in [1.54, 1.807) is 4.90 Å². The van der Waals surface area contributed by atoms with Crippen molar-refractivity contribution in [2.45, 2.75) is 31.9 Å². The number of urea groups is 1. The number of halogens is 3. The minimum Gasteiger partial charge on any atom is -0.343 e. The van der Waals surface area contributed by atoms with Gasteiger partial charge >= 0.3 is 12.2 Å². The lowest BCUT2D eigenvalue weighted by Gasteiger charge is -2.18. The molecule has 0 aromatic rings. The SMILES string of the molecule is O=C(NCCCN1CCCC1=O)NCC1CCN(CC(F)(F)F)C1. The van der Waals surface area contributed by atoms with E-state index in [9.17, 15) is 22.8 Å². The standard InChI is InChI=1S/C15H25F3N4O2/c16-15(17,18)11-21-8-4-12(10-21)9-20-14(24)19-5-2-7-22-6-1-3-13(22)23/h12H,1-11H2,(H2,19,20,24). The van der Waals surface area contributed by atoms with Crippen molar-refractivity contribution in [1.29, 1.82) is 0 Å². The predicted molar refractivity (Wildman–Crippen MR) is 82.4 cm³/mol. The van der Waals surface area contributed by atoms with Crippen molar-refractivity contribution in [2.75, 3.05) is 45.8 Å². The molecular weight excluding hydrogens is 325 g/mol. The summed E-state index contributed by atoms with van der Waals surface area (Å²) in [5.41, 5.74) is 0. The maximum atomic E-state index is 12.3. The molecule has 6 nitrogen and oxygen atoms in total. The van der Waals surface area contributed by atoms with Crippen LogP contribution in [0.5, 0.6) is 0 Å². The number of nitrogens with zero attached hydrogens (tertiary/aromatic N) is 2. The molecule has 0 aromatic heterocycles. The number of hydrogen-bond acceptors (Lipinski definition) is 3. The van der Waals surface area contributed by atoms with Crippen molar-refractivity contribution >= 4 is 11.9 Å². The summed E-state index contributed by atoms with van der Waals surface area (Å²) in [7, 11) is 0. The van der Waals surface area contributed by atoms with Crippen LogP contribution in [0.1, 0.15) is 25.7 Å². The summed E-state index contributed by atoms with van der Waals surface area (Å²) in [6.45, 7) is 2.18. The summed E-state index contributed by atoms with van der Waals surface area (Å²) < 4.78 is 36.9. The van der Waals surface area contributed by atoms with Crippen molar-refractivity contribution in [3.05, 3.63) is 0 Å². The van der Waals surface area contributed by atoms with Crippen LogP contribution in [0.2, 0.25) is 0 Å². The Bertz CT molecular complexity index is 445. The molecule has 2 aliphatic heterocycles. The minimum absolute atomic E-state index is 0.0559. The van der Waals surface area contributed by atoms with Gasteiger partial charge < -0.3 is 15.5 Å². The second-order valence-electron chi connectivity index (χ2n) is 6.48. The van der Waals surface area contributed by atoms with Gasteiger partial charge in [0.1, 0.15) is 0 Å². The van der Waals surface area contributed by atoms with Gasteiger partial charge in [0, 0.05) is 39.1 Å². The quantitative estimate of drug-likeness (QED) is 0.678. The van der Waals surface area contributed by atoms with Gasteiger partial charge in [0.15, 0.2) is 0 Å². The van der Waals surface area contributed by atoms with E-state index in [1.807, 2.05) is 0 Å². The summed E-state index contributed by atoms with van der Waals surface area (Å²) in [4.78, 5) is 26.3. The summed E-state index contributed by atoms with van der Waals surface area (Å²) in [6.07, 6.45) is -1.30. The van der Waals surface area contributed by atoms with Gasteiger partial charge in [0.05, 0.1) is 6.54 Å². The number of likely N-dealkylation sites (tertiary alicyclic amines) is 2. The summed E-state index contributed by atoms with van der Waals surface area (Å²) in [5, 5.41) is 5.42. The number of nitrogens with one attached hydrogen (secondary N) is 2. The van der Waals surface area contributed by atoms with Gasteiger partial charge in [-0.25, -0.2) is 4.79 Å². The lowest BCUT2D eigenvalue weighted by Crippen LogP contribution is -2.40. The van der Waals surface area contributed by atoms with E-state index in [1.165, 1.54) is 4.90 Å². The Balaban J connectivity index is 1.51. The van der Waals surface area contributed by atoms with Crippen LogP contribution in [0, 0.1) is 5.92 Å². The molecule has 0 aromatic carbocycles. The summed E-state index contributed by atoms with van der Waals surface area (Å²) >= 11 is 0. The van der Waals surface area contributed by atoms with Crippen molar-refractivity contribution < 1.29 is 22.8 Å². The highest BCUT2D eigenvalue weighted by Gasteiger charge is 2.34. The molecule has 138 valence electrons. The Labute approximate surface area is 139 Å². The van der Waals surface area contributed by atoms with Crippen LogP contribution in [-0.4, -0.2) is 73.7 Å². The van der Waals surface area contributed by atoms with Crippen LogP contribution in [-0.2, 0) is 4.79 Å². The molecule has 2 fully saturated rings. The molecule has 2 saturated heterocycles. The Kier molecular flexibility index (Phi) is 6.70. The van der Waals surface area contributed by atoms with Gasteiger partial charge in [-0.15, -0.1) is 0 Å². The van der Waals surface area contributed by atoms with Crippen molar-refractivity contribution in [3.63, 3.8) is 0 Å². The lowest BCUT2D eigenvalue weighted by atomic mass is 10.1. The van der Waals surface area contributed by atoms with Gasteiger partial charge in [-0.1, -0.05) is 0 Å². The third-order valence-corrected chi connectivity index (χ3v) is 4.39. The first-order valence-corrected chi connectivity index (χ1v) is 8.42. The second kappa shape index (κ2) is 8.55. The maximum Gasteiger partial charge on any atom is 0.401 e. The van der Waals surface area contributed by atoms with Crippen LogP contribution in [0.4, 0.5) is 18.0 Å². The van der Waals surface area contributed by atoms with Gasteiger partial charge in [0.25, 0.3) is 0 Å². The third-order valence-electron chi connectivity index (χ3n) is 4.39. The molecule has 1 unspecified atom stereocenters. The largest absolute Gasteiger partial charge is 0.401 e. The van der Waals surface area contributed by atoms with Crippen LogP contribution in [0.15, 0.2) is 0 Å². The predicted octanol–water partition coefficient (Wildman–Crippen LogP) is 1.18. The second-order valence-corrected chi connectivity index (χ2v) is 6.48. The van der Waals surface area contributed by atoms with Crippen LogP contribution in [0.25, 0.3) is 0 Å². The first-order valence-electron chi connectivity index (χ1n) is 8.42. The fourth-order valence-electron chi connectivity index (χ4n) is 3.19. The monoisotopic (exact) mass is 350 g/mol. The zero-order valence-corrected chi connectivity index (χ0v) is 13.7. The Morgan fingerprint density at radius 2 is 2.04 bits per heavy atom. The van der Waals surface area contributed by atoms with Crippen LogP contribution in [0.3, 0.4) is 0 Å². The van der Waals surface area contributed by atoms with Gasteiger partial charge in [-0.2, -0.15) is 13.2 Å². The minimum atomic E-state index is -4.17. The van der Waals surface area contributed by atoms with Crippen molar-refractivity contribution in [3.8, 4) is 0 Å². The molecule has 0 aliphatic carbocycles. The topological polar surface area (TPSA) is 64.7 Å². The van der Waals surface area contributed by atoms with E-state index in [2.05, 4.69) is 10.6 Å². The number of carbonyl (C=O) groups excluding carboxylic acids is 2. The molecule has 24 heavy (non-hydrogen) atoms. The Hall–Kier alpha value is -1.51. The van der Waals surface area contributed by atoms with Crippen molar-refractivity contribution in [2.24, 2.45) is 5.92 Å². The molecule has 9 heteroatoms. The molecule has 0 bridgehead atoms. The van der Waals surface area contributed by atoms with E-state index in [0.29, 0.717) is 52.0 Å². The number of rotatable bonds is 7. The average Bonchev–Trinajstić information content (AvgIpc) is 3.09. The van der Waals surface area contributed by atoms with Gasteiger partial charge in [-0.05, 0) is 31.7 Å². The number of hydrogen-bond donors (Lipinski definition) is 2. The number of carbonyl (C=O) groups is 2. The lowest BCUT2D eigenvalue weighted by molar-refractivity contribution is -0.143. The highest BCUT2D eigenvalue weighted by Crippen LogP contribution is 2.22. The molecule has 0 radical (unpaired) electrons. The van der Waals surface area contributed by atoms with E-state index in [4.69, 9.17) is 0 Å². The van der Waals surface area contributed by atoms with Gasteiger partial charge in [0.2, 0.25) is 5.91 Å². The Morgan fingerprint density at radius 1 is 1.25 bits per heavy atom. The van der Waals surface area contributed by atoms with Crippen LogP contribution >= 0.6 is 0 Å². The van der Waals surface area contributed by atoms with E-state index in [0.717, 1.165) is 13.0 Å². The van der Waals surface area contributed by atoms with E-state index < -0.39 is 12.7 Å². The molecule has 2 aliphatic rings. The van der Waals surface area contributed by atoms with Crippen molar-refractivity contribution in [1.82, 2.24) is 20.4 Å². The fraction of sp³-hybridized carbons (Fsp3) is 0.867. The van der Waals surface area contributed by atoms with Gasteiger partial charge in [-0.3, -0.25) is 9.69 Å². The molecule has 1 atom stereocenters. The van der Waals surface area contributed by atoms with E-state index in [-0.39, 0.29) is 17.9 Å². The molecule has 2 heterocycles. The zero-order valence-electron chi connectivity index (χ0n) is 13.7. The first-order chi connectivity index (χ1) is 11.3. The highest BCUT2D eigenvalue weighted by atomic mass is 19.4. The summed E-state index contributed by atoms with van der Waals surface area (Å²) in [5.74, 6) is 0.226.